The minimum atomic E-state index is -4.08. The van der Waals surface area contributed by atoms with E-state index in [0.717, 1.165) is 36.6 Å². The normalized spacial score (nSPS) is 17.2. The molecule has 2 aromatic carbocycles. The summed E-state index contributed by atoms with van der Waals surface area (Å²) in [5.41, 5.74) is -1.40. The average Bonchev–Trinajstić information content (AvgIpc) is 2.72. The van der Waals surface area contributed by atoms with Gasteiger partial charge in [0.15, 0.2) is 9.84 Å². The molecule has 0 atom stereocenters. The number of hydrogen-bond donors (Lipinski definition) is 2. The first-order chi connectivity index (χ1) is 12.4. The molecule has 142 valence electrons. The van der Waals surface area contributed by atoms with E-state index in [4.69, 9.17) is 10.00 Å². The first-order valence-corrected chi connectivity index (χ1v) is 9.33. The zero-order valence-corrected chi connectivity index (χ0v) is 14.5. The Morgan fingerprint density at radius 1 is 1.22 bits per heavy atom. The van der Waals surface area contributed by atoms with Crippen LogP contribution in [0.15, 0.2) is 35.2 Å². The second-order valence-corrected chi connectivity index (χ2v) is 8.11. The summed E-state index contributed by atoms with van der Waals surface area (Å²) >= 11 is 0. The van der Waals surface area contributed by atoms with E-state index in [1.165, 1.54) is 0 Å². The topological polar surface area (TPSA) is 108 Å². The lowest BCUT2D eigenvalue weighted by Gasteiger charge is -2.25. The molecule has 0 unspecified atom stereocenters. The van der Waals surface area contributed by atoms with Gasteiger partial charge in [0.25, 0.3) is 5.79 Å². The molecule has 0 saturated carbocycles. The predicted molar refractivity (Wildman–Crippen MR) is 85.5 cm³/mol. The number of sulfone groups is 1. The van der Waals surface area contributed by atoms with Crippen molar-refractivity contribution < 1.29 is 36.5 Å². The van der Waals surface area contributed by atoms with E-state index >= 15 is 0 Å². The lowest BCUT2D eigenvalue weighted by Crippen LogP contribution is -2.42. The number of alkyl halides is 2. The molecule has 0 saturated heterocycles. The molecule has 27 heavy (non-hydrogen) atoms. The van der Waals surface area contributed by atoms with Gasteiger partial charge in [0, 0.05) is 29.9 Å². The predicted octanol–water partition coefficient (Wildman–Crippen LogP) is 2.22. The van der Waals surface area contributed by atoms with Crippen molar-refractivity contribution in [1.82, 2.24) is 0 Å². The van der Waals surface area contributed by atoms with Gasteiger partial charge in [-0.05, 0) is 24.3 Å². The minimum Gasteiger partial charge on any atom is -0.457 e. The van der Waals surface area contributed by atoms with Crippen molar-refractivity contribution in [2.75, 3.05) is 6.26 Å². The van der Waals surface area contributed by atoms with E-state index in [-0.39, 0.29) is 17.1 Å². The molecule has 0 bridgehead atoms. The maximum absolute atomic E-state index is 14.1. The second-order valence-electron chi connectivity index (χ2n) is 6.13. The van der Waals surface area contributed by atoms with Crippen molar-refractivity contribution in [3.05, 3.63) is 52.8 Å². The number of halogens is 3. The summed E-state index contributed by atoms with van der Waals surface area (Å²) in [5.74, 6) is -9.11. The van der Waals surface area contributed by atoms with E-state index in [1.54, 1.807) is 6.07 Å². The van der Waals surface area contributed by atoms with Gasteiger partial charge in [-0.1, -0.05) is 0 Å². The fourth-order valence-electron chi connectivity index (χ4n) is 2.91. The van der Waals surface area contributed by atoms with Crippen molar-refractivity contribution in [1.29, 1.82) is 5.26 Å². The van der Waals surface area contributed by atoms with Crippen LogP contribution in [0.25, 0.3) is 0 Å². The highest BCUT2D eigenvalue weighted by molar-refractivity contribution is 7.90. The lowest BCUT2D eigenvalue weighted by atomic mass is 10.1. The standard InChI is InChI=1S/C17H12F3NO5S/c1-27(24,25)14-3-2-13(12-7-16(19,20)17(22,23)15(12)14)26-11-5-9(8-21)4-10(18)6-11/h2-6,22-23H,7H2,1H3. The minimum absolute atomic E-state index is 0.0848. The van der Waals surface area contributed by atoms with Crippen LogP contribution in [0.3, 0.4) is 0 Å². The van der Waals surface area contributed by atoms with Gasteiger partial charge in [-0.2, -0.15) is 14.0 Å². The van der Waals surface area contributed by atoms with Crippen molar-refractivity contribution >= 4 is 9.84 Å². The Hall–Kier alpha value is -2.61. The number of nitrogens with zero attached hydrogens (tertiary/aromatic N) is 1. The highest BCUT2D eigenvalue weighted by atomic mass is 32.2. The average molecular weight is 399 g/mol. The highest BCUT2D eigenvalue weighted by Gasteiger charge is 2.61. The Balaban J connectivity index is 2.20. The summed E-state index contributed by atoms with van der Waals surface area (Å²) in [4.78, 5) is -0.677. The Morgan fingerprint density at radius 3 is 2.48 bits per heavy atom. The van der Waals surface area contributed by atoms with Crippen LogP contribution >= 0.6 is 0 Å². The summed E-state index contributed by atoms with van der Waals surface area (Å²) in [6, 6.07) is 6.65. The number of aliphatic hydroxyl groups is 2. The third-order valence-electron chi connectivity index (χ3n) is 4.12. The van der Waals surface area contributed by atoms with E-state index in [9.17, 15) is 31.8 Å². The van der Waals surface area contributed by atoms with E-state index < -0.39 is 49.8 Å². The number of fused-ring (bicyclic) bond motifs is 1. The summed E-state index contributed by atoms with van der Waals surface area (Å²) < 4.78 is 71.0. The van der Waals surface area contributed by atoms with Crippen molar-refractivity contribution in [2.24, 2.45) is 0 Å². The molecule has 6 nitrogen and oxygen atoms in total. The zero-order valence-electron chi connectivity index (χ0n) is 13.7. The molecule has 0 aromatic heterocycles. The molecule has 3 rings (SSSR count). The maximum atomic E-state index is 14.1. The number of benzene rings is 2. The number of rotatable bonds is 3. The van der Waals surface area contributed by atoms with Gasteiger partial charge in [0.2, 0.25) is 0 Å². The van der Waals surface area contributed by atoms with Crippen molar-refractivity contribution in [2.45, 2.75) is 23.0 Å². The highest BCUT2D eigenvalue weighted by Crippen LogP contribution is 2.51. The molecular weight excluding hydrogens is 387 g/mol. The van der Waals surface area contributed by atoms with Crippen LogP contribution < -0.4 is 4.74 Å². The van der Waals surface area contributed by atoms with E-state index in [1.807, 2.05) is 0 Å². The van der Waals surface area contributed by atoms with E-state index in [2.05, 4.69) is 0 Å². The molecule has 0 spiro atoms. The van der Waals surface area contributed by atoms with Crippen LogP contribution in [-0.2, 0) is 22.0 Å². The summed E-state index contributed by atoms with van der Waals surface area (Å²) in [5, 5.41) is 28.7. The van der Waals surface area contributed by atoms with Crippen LogP contribution in [0.2, 0.25) is 0 Å². The molecule has 10 heteroatoms. The SMILES string of the molecule is CS(=O)(=O)c1ccc(Oc2cc(F)cc(C#N)c2)c2c1C(O)(O)C(F)(F)C2. The number of ether oxygens (including phenoxy) is 1. The third-order valence-corrected chi connectivity index (χ3v) is 5.26. The van der Waals surface area contributed by atoms with Crippen LogP contribution in [0.5, 0.6) is 11.5 Å². The quantitative estimate of drug-likeness (QED) is 0.767. The largest absolute Gasteiger partial charge is 0.457 e. The van der Waals surface area contributed by atoms with Gasteiger partial charge in [0.1, 0.15) is 17.3 Å². The van der Waals surface area contributed by atoms with Gasteiger partial charge in [-0.25, -0.2) is 12.8 Å². The first kappa shape index (κ1) is 19.2. The molecule has 2 N–H and O–H groups in total. The lowest BCUT2D eigenvalue weighted by molar-refractivity contribution is -0.295. The smallest absolute Gasteiger partial charge is 0.309 e. The molecule has 0 heterocycles. The molecule has 0 radical (unpaired) electrons. The number of nitriles is 1. The molecule has 1 aliphatic rings. The van der Waals surface area contributed by atoms with Crippen LogP contribution in [0.1, 0.15) is 16.7 Å². The molecule has 0 aliphatic heterocycles. The molecule has 0 fully saturated rings. The monoisotopic (exact) mass is 399 g/mol. The molecule has 1 aliphatic carbocycles. The molecule has 2 aromatic rings. The Morgan fingerprint density at radius 2 is 1.89 bits per heavy atom. The summed E-state index contributed by atoms with van der Waals surface area (Å²) in [6.45, 7) is 0. The Bertz CT molecular complexity index is 1090. The Kier molecular flexibility index (Phi) is 4.22. The van der Waals surface area contributed by atoms with E-state index in [0.29, 0.717) is 0 Å². The van der Waals surface area contributed by atoms with Gasteiger partial charge in [-0.15, -0.1) is 0 Å². The molecular formula is C17H12F3NO5S. The van der Waals surface area contributed by atoms with Crippen LogP contribution in [0.4, 0.5) is 13.2 Å². The van der Waals surface area contributed by atoms with Gasteiger partial charge in [0.05, 0.1) is 16.5 Å². The maximum Gasteiger partial charge on any atom is 0.309 e. The first-order valence-electron chi connectivity index (χ1n) is 7.44. The third kappa shape index (κ3) is 3.14. The van der Waals surface area contributed by atoms with Gasteiger partial charge < -0.3 is 14.9 Å². The van der Waals surface area contributed by atoms with Gasteiger partial charge in [-0.3, -0.25) is 0 Å². The molecule has 0 amide bonds. The van der Waals surface area contributed by atoms with Crippen molar-refractivity contribution in [3.8, 4) is 17.6 Å². The van der Waals surface area contributed by atoms with Crippen molar-refractivity contribution in [3.63, 3.8) is 0 Å². The van der Waals surface area contributed by atoms with Crippen LogP contribution in [-0.4, -0.2) is 30.8 Å². The summed E-state index contributed by atoms with van der Waals surface area (Å²) in [6.07, 6.45) is -0.462. The summed E-state index contributed by atoms with van der Waals surface area (Å²) in [7, 11) is -4.07. The zero-order chi connectivity index (χ0) is 20.2. The fraction of sp³-hybridized carbons (Fsp3) is 0.235. The fourth-order valence-corrected chi connectivity index (χ4v) is 3.86. The van der Waals surface area contributed by atoms with Crippen LogP contribution in [0, 0.1) is 17.1 Å². The van der Waals surface area contributed by atoms with Gasteiger partial charge >= 0.3 is 5.92 Å². The number of hydrogen-bond acceptors (Lipinski definition) is 6. The second kappa shape index (κ2) is 5.95. The Labute approximate surface area is 152 Å².